The van der Waals surface area contributed by atoms with E-state index in [1.165, 1.54) is 27.4 Å². The number of aryl methyl sites for hydroxylation is 2. The van der Waals surface area contributed by atoms with Gasteiger partial charge in [-0.1, -0.05) is 105 Å². The number of hydrogen-bond donors (Lipinski definition) is 0. The number of aromatic nitrogens is 3. The van der Waals surface area contributed by atoms with Crippen LogP contribution in [0.15, 0.2) is 122 Å². The SMILES string of the molecule is CCc1cc(-c2[c-]ccc(-c3ccccc3)n2)ncc1[Si](C)(C)C.Cc1cc(-c2[c-]cccc2)ncc1-c1ccccc1.[Ir]. The van der Waals surface area contributed by atoms with Gasteiger partial charge in [0.05, 0.1) is 8.07 Å². The van der Waals surface area contributed by atoms with Crippen LogP contribution in [0.5, 0.6) is 0 Å². The van der Waals surface area contributed by atoms with Crippen molar-refractivity contribution in [2.24, 2.45) is 0 Å². The van der Waals surface area contributed by atoms with Gasteiger partial charge in [-0.2, -0.15) is 12.1 Å². The normalized spacial score (nSPS) is 10.8. The Hall–Kier alpha value is -4.02. The minimum atomic E-state index is -1.38. The summed E-state index contributed by atoms with van der Waals surface area (Å²) in [7, 11) is -1.38. The largest absolute Gasteiger partial charge is 0.318 e. The molecule has 0 bridgehead atoms. The average Bonchev–Trinajstić information content (AvgIpc) is 3.05. The average molecular weight is 768 g/mol. The molecule has 0 aliphatic rings. The van der Waals surface area contributed by atoms with Crippen molar-refractivity contribution < 1.29 is 20.1 Å². The van der Waals surface area contributed by atoms with Crippen LogP contribution < -0.4 is 5.19 Å². The van der Waals surface area contributed by atoms with Gasteiger partial charge in [-0.15, -0.1) is 42.0 Å². The van der Waals surface area contributed by atoms with Crippen molar-refractivity contribution in [1.82, 2.24) is 15.0 Å². The Bertz CT molecular complexity index is 1780. The molecule has 3 nitrogen and oxygen atoms in total. The molecule has 6 aromatic rings. The van der Waals surface area contributed by atoms with Crippen LogP contribution in [-0.4, -0.2) is 23.0 Å². The maximum atomic E-state index is 4.77. The molecule has 1 radical (unpaired) electrons. The Labute approximate surface area is 276 Å². The molecule has 0 atom stereocenters. The van der Waals surface area contributed by atoms with Gasteiger partial charge >= 0.3 is 0 Å². The third kappa shape index (κ3) is 8.12. The van der Waals surface area contributed by atoms with E-state index in [2.05, 4.69) is 93.2 Å². The quantitative estimate of drug-likeness (QED) is 0.125. The van der Waals surface area contributed by atoms with Gasteiger partial charge in [0.2, 0.25) is 0 Å². The number of benzene rings is 3. The molecule has 0 saturated heterocycles. The van der Waals surface area contributed by atoms with Gasteiger partial charge in [-0.25, -0.2) is 0 Å². The van der Waals surface area contributed by atoms with Crippen LogP contribution in [0, 0.1) is 19.1 Å². The monoisotopic (exact) mass is 768 g/mol. The molecule has 0 N–H and O–H groups in total. The second-order valence-corrected chi connectivity index (χ2v) is 16.6. The number of pyridine rings is 3. The Morgan fingerprint density at radius 2 is 1.32 bits per heavy atom. The summed E-state index contributed by atoms with van der Waals surface area (Å²) in [6, 6.07) is 43.2. The fraction of sp³-hybridized carbons (Fsp3) is 0.154. The summed E-state index contributed by atoms with van der Waals surface area (Å²) in [5.41, 5.74) is 10.8. The van der Waals surface area contributed by atoms with E-state index >= 15 is 0 Å². The molecule has 3 aromatic carbocycles. The molecule has 0 unspecified atom stereocenters. The summed E-state index contributed by atoms with van der Waals surface area (Å²) in [5, 5.41) is 1.44. The first-order valence-corrected chi connectivity index (χ1v) is 18.3. The van der Waals surface area contributed by atoms with Crippen LogP contribution in [0.4, 0.5) is 0 Å². The topological polar surface area (TPSA) is 38.7 Å². The molecule has 0 fully saturated rings. The zero-order valence-corrected chi connectivity index (χ0v) is 29.3. The van der Waals surface area contributed by atoms with Crippen molar-refractivity contribution >= 4 is 13.3 Å². The molecular formula is C39H37IrN3Si-2. The third-order valence-corrected chi connectivity index (χ3v) is 9.43. The second kappa shape index (κ2) is 15.1. The van der Waals surface area contributed by atoms with Crippen LogP contribution in [0.1, 0.15) is 18.1 Å². The minimum Gasteiger partial charge on any atom is -0.318 e. The van der Waals surface area contributed by atoms with Crippen molar-refractivity contribution in [3.05, 3.63) is 145 Å². The molecule has 0 amide bonds. The molecule has 6 rings (SSSR count). The Balaban J connectivity index is 0.000000201. The van der Waals surface area contributed by atoms with E-state index < -0.39 is 8.07 Å². The van der Waals surface area contributed by atoms with E-state index in [9.17, 15) is 0 Å². The molecule has 3 heterocycles. The maximum Gasteiger partial charge on any atom is 0.0798 e. The summed E-state index contributed by atoms with van der Waals surface area (Å²) in [6.45, 7) is 11.4. The molecule has 0 spiro atoms. The van der Waals surface area contributed by atoms with Crippen LogP contribution in [0.25, 0.3) is 45.0 Å². The predicted molar refractivity (Wildman–Crippen MR) is 183 cm³/mol. The van der Waals surface area contributed by atoms with Gasteiger partial charge in [0.1, 0.15) is 0 Å². The molecule has 44 heavy (non-hydrogen) atoms. The summed E-state index contributed by atoms with van der Waals surface area (Å²) < 4.78 is 0. The van der Waals surface area contributed by atoms with Crippen LogP contribution in [0.3, 0.4) is 0 Å². The van der Waals surface area contributed by atoms with Gasteiger partial charge in [0.25, 0.3) is 0 Å². The second-order valence-electron chi connectivity index (χ2n) is 11.5. The Morgan fingerprint density at radius 1 is 0.659 bits per heavy atom. The van der Waals surface area contributed by atoms with Gasteiger partial charge < -0.3 is 9.97 Å². The van der Waals surface area contributed by atoms with Crippen molar-refractivity contribution in [2.75, 3.05) is 0 Å². The molecule has 223 valence electrons. The Morgan fingerprint density at radius 3 is 1.93 bits per heavy atom. The van der Waals surface area contributed by atoms with E-state index in [-0.39, 0.29) is 20.1 Å². The van der Waals surface area contributed by atoms with Gasteiger partial charge in [-0.05, 0) is 52.3 Å². The van der Waals surface area contributed by atoms with Crippen molar-refractivity contribution in [3.8, 4) is 45.0 Å². The van der Waals surface area contributed by atoms with Crippen LogP contribution in [0.2, 0.25) is 19.6 Å². The molecule has 0 saturated carbocycles. The van der Waals surface area contributed by atoms with E-state index in [4.69, 9.17) is 9.97 Å². The molecule has 0 aliphatic carbocycles. The first kappa shape index (κ1) is 32.9. The maximum absolute atomic E-state index is 4.77. The fourth-order valence-corrected chi connectivity index (χ4v) is 6.72. The number of nitrogens with zero attached hydrogens (tertiary/aromatic N) is 3. The summed E-state index contributed by atoms with van der Waals surface area (Å²) in [5.74, 6) is 0. The van der Waals surface area contributed by atoms with Gasteiger partial charge in [0.15, 0.2) is 0 Å². The smallest absolute Gasteiger partial charge is 0.0798 e. The molecule has 3 aromatic heterocycles. The first-order valence-electron chi connectivity index (χ1n) is 14.8. The fourth-order valence-electron chi connectivity index (χ4n) is 5.06. The van der Waals surface area contributed by atoms with Gasteiger partial charge in [0, 0.05) is 43.8 Å². The third-order valence-electron chi connectivity index (χ3n) is 7.36. The molecule has 0 aliphatic heterocycles. The standard InChI is InChI=1S/C21H23N2Si.C18H14N.Ir/c1-5-16-14-20(22-15-21(16)24(2,3)4)19-13-9-12-18(23-19)17-10-7-6-8-11-17;1-14-12-18(16-10-6-3-7-11-16)19-13-17(14)15-8-4-2-5-9-15;/h6-12,14-15H,5H2,1-4H3;2-10,12-13H,1H3;/q2*-1;. The van der Waals surface area contributed by atoms with E-state index in [0.717, 1.165) is 40.3 Å². The Kier molecular flexibility index (Phi) is 11.3. The van der Waals surface area contributed by atoms with Crippen LogP contribution >= 0.6 is 0 Å². The summed E-state index contributed by atoms with van der Waals surface area (Å²) in [6.07, 6.45) is 5.03. The first-order chi connectivity index (χ1) is 20.8. The van der Waals surface area contributed by atoms with Crippen molar-refractivity contribution in [3.63, 3.8) is 0 Å². The van der Waals surface area contributed by atoms with Crippen molar-refractivity contribution in [1.29, 1.82) is 0 Å². The van der Waals surface area contributed by atoms with Gasteiger partial charge in [-0.3, -0.25) is 4.98 Å². The van der Waals surface area contributed by atoms with Crippen LogP contribution in [-0.2, 0) is 26.5 Å². The number of hydrogen-bond acceptors (Lipinski definition) is 3. The van der Waals surface area contributed by atoms with Crippen molar-refractivity contribution in [2.45, 2.75) is 39.9 Å². The number of rotatable bonds is 6. The summed E-state index contributed by atoms with van der Waals surface area (Å²) in [4.78, 5) is 14.0. The van der Waals surface area contributed by atoms with E-state index in [1.54, 1.807) is 0 Å². The summed E-state index contributed by atoms with van der Waals surface area (Å²) >= 11 is 0. The molecular weight excluding hydrogens is 731 g/mol. The molecule has 5 heteroatoms. The zero-order valence-electron chi connectivity index (χ0n) is 25.9. The predicted octanol–water partition coefficient (Wildman–Crippen LogP) is 9.24. The zero-order chi connectivity index (χ0) is 30.2. The van der Waals surface area contributed by atoms with E-state index in [0.29, 0.717) is 0 Å². The minimum absolute atomic E-state index is 0. The van der Waals surface area contributed by atoms with E-state index in [1.807, 2.05) is 79.0 Å².